The Hall–Kier alpha value is -2.35. The molecule has 108 valence electrons. The summed E-state index contributed by atoms with van der Waals surface area (Å²) >= 11 is 1.42. The number of halogens is 1. The zero-order valence-corrected chi connectivity index (χ0v) is 11.8. The minimum atomic E-state index is -0.284. The van der Waals surface area contributed by atoms with Crippen molar-refractivity contribution in [2.45, 2.75) is 19.4 Å². The summed E-state index contributed by atoms with van der Waals surface area (Å²) in [6, 6.07) is 6.05. The van der Waals surface area contributed by atoms with Gasteiger partial charge in [-0.2, -0.15) is 9.61 Å². The third-order valence-corrected chi connectivity index (χ3v) is 3.87. The Labute approximate surface area is 123 Å². The average Bonchev–Trinajstić information content (AvgIpc) is 3.05. The van der Waals surface area contributed by atoms with Crippen LogP contribution in [-0.2, 0) is 17.8 Å². The fraction of sp³-hybridized carbons (Fsp3) is 0.231. The molecule has 1 aromatic carbocycles. The second-order valence-electron chi connectivity index (χ2n) is 4.46. The molecule has 0 aliphatic rings. The van der Waals surface area contributed by atoms with E-state index in [1.165, 1.54) is 29.8 Å². The number of aryl methyl sites for hydroxylation is 1. The molecule has 2 aromatic heterocycles. The van der Waals surface area contributed by atoms with Gasteiger partial charge >= 0.3 is 0 Å². The largest absolute Gasteiger partial charge is 0.352 e. The Kier molecular flexibility index (Phi) is 3.87. The van der Waals surface area contributed by atoms with Crippen molar-refractivity contribution < 1.29 is 9.18 Å². The summed E-state index contributed by atoms with van der Waals surface area (Å²) in [5, 5.41) is 15.5. The number of hydrogen-bond donors (Lipinski definition) is 1. The molecule has 0 fully saturated rings. The van der Waals surface area contributed by atoms with Crippen LogP contribution in [0.5, 0.6) is 0 Å². The van der Waals surface area contributed by atoms with Crippen LogP contribution in [0, 0.1) is 5.82 Å². The van der Waals surface area contributed by atoms with Crippen LogP contribution in [0.3, 0.4) is 0 Å². The van der Waals surface area contributed by atoms with Gasteiger partial charge in [-0.3, -0.25) is 4.79 Å². The van der Waals surface area contributed by atoms with Crippen LogP contribution in [0.4, 0.5) is 4.39 Å². The molecule has 0 unspecified atom stereocenters. The number of carbonyl (C=O) groups is 1. The van der Waals surface area contributed by atoms with Gasteiger partial charge < -0.3 is 5.32 Å². The minimum absolute atomic E-state index is 0.0645. The van der Waals surface area contributed by atoms with Crippen molar-refractivity contribution in [1.29, 1.82) is 0 Å². The fourth-order valence-electron chi connectivity index (χ4n) is 1.81. The van der Waals surface area contributed by atoms with Gasteiger partial charge in [-0.05, 0) is 17.7 Å². The van der Waals surface area contributed by atoms with Crippen LogP contribution in [0.1, 0.15) is 17.0 Å². The maximum absolute atomic E-state index is 12.8. The first-order chi connectivity index (χ1) is 10.2. The predicted octanol–water partition coefficient (Wildman–Crippen LogP) is 1.57. The molecule has 0 saturated carbocycles. The highest BCUT2D eigenvalue weighted by atomic mass is 32.1. The highest BCUT2D eigenvalue weighted by Crippen LogP contribution is 2.13. The first-order valence-corrected chi connectivity index (χ1v) is 7.19. The summed E-state index contributed by atoms with van der Waals surface area (Å²) in [5.41, 5.74) is 0.864. The van der Waals surface area contributed by atoms with Gasteiger partial charge in [-0.15, -0.1) is 10.2 Å². The molecule has 0 bridgehead atoms. The lowest BCUT2D eigenvalue weighted by Gasteiger charge is -2.04. The lowest BCUT2D eigenvalue weighted by Crippen LogP contribution is -2.22. The van der Waals surface area contributed by atoms with E-state index in [0.29, 0.717) is 19.4 Å². The monoisotopic (exact) mass is 305 g/mol. The van der Waals surface area contributed by atoms with Crippen LogP contribution < -0.4 is 5.32 Å². The van der Waals surface area contributed by atoms with E-state index < -0.39 is 0 Å². The van der Waals surface area contributed by atoms with Crippen molar-refractivity contribution in [2.75, 3.05) is 0 Å². The Bertz CT molecular complexity index is 723. The summed E-state index contributed by atoms with van der Waals surface area (Å²) in [4.78, 5) is 12.5. The van der Waals surface area contributed by atoms with Crippen molar-refractivity contribution in [2.24, 2.45) is 0 Å². The molecule has 3 aromatic rings. The number of nitrogens with one attached hydrogen (secondary N) is 1. The number of benzene rings is 1. The smallest absolute Gasteiger partial charge is 0.234 e. The lowest BCUT2D eigenvalue weighted by atomic mass is 10.2. The number of fused-ring (bicyclic) bond motifs is 1. The zero-order valence-electron chi connectivity index (χ0n) is 11.0. The minimum Gasteiger partial charge on any atom is -0.352 e. The molecule has 0 aliphatic heterocycles. The molecule has 0 saturated heterocycles. The third-order valence-electron chi connectivity index (χ3n) is 2.90. The van der Waals surface area contributed by atoms with Crippen molar-refractivity contribution >= 4 is 22.2 Å². The quantitative estimate of drug-likeness (QED) is 0.776. The first-order valence-electron chi connectivity index (χ1n) is 6.37. The topological polar surface area (TPSA) is 72.2 Å². The maximum atomic E-state index is 12.8. The third kappa shape index (κ3) is 3.40. The van der Waals surface area contributed by atoms with E-state index in [2.05, 4.69) is 20.6 Å². The van der Waals surface area contributed by atoms with Crippen molar-refractivity contribution in [3.05, 3.63) is 47.0 Å². The van der Waals surface area contributed by atoms with Crippen LogP contribution in [0.15, 0.2) is 30.6 Å². The van der Waals surface area contributed by atoms with Gasteiger partial charge in [0.15, 0.2) is 0 Å². The van der Waals surface area contributed by atoms with Crippen LogP contribution in [0.25, 0.3) is 4.96 Å². The Morgan fingerprint density at radius 3 is 2.90 bits per heavy atom. The number of carbonyl (C=O) groups excluding carboxylic acids is 1. The molecule has 2 heterocycles. The number of aromatic nitrogens is 4. The van der Waals surface area contributed by atoms with Crippen molar-refractivity contribution in [3.8, 4) is 0 Å². The molecule has 0 spiro atoms. The second-order valence-corrected chi connectivity index (χ2v) is 5.50. The van der Waals surface area contributed by atoms with Gasteiger partial charge in [-0.25, -0.2) is 4.39 Å². The van der Waals surface area contributed by atoms with E-state index in [-0.39, 0.29) is 11.7 Å². The van der Waals surface area contributed by atoms with Gasteiger partial charge in [-0.1, -0.05) is 23.5 Å². The average molecular weight is 305 g/mol. The molecule has 0 atom stereocenters. The molecule has 3 rings (SSSR count). The van der Waals surface area contributed by atoms with E-state index in [4.69, 9.17) is 0 Å². The summed E-state index contributed by atoms with van der Waals surface area (Å²) in [7, 11) is 0. The normalized spacial score (nSPS) is 10.9. The molecule has 8 heteroatoms. The first kappa shape index (κ1) is 13.6. The van der Waals surface area contributed by atoms with E-state index >= 15 is 0 Å². The maximum Gasteiger partial charge on any atom is 0.234 e. The fourth-order valence-corrected chi connectivity index (χ4v) is 2.63. The summed E-state index contributed by atoms with van der Waals surface area (Å²) in [6.07, 6.45) is 2.44. The van der Waals surface area contributed by atoms with Crippen LogP contribution >= 0.6 is 11.3 Å². The van der Waals surface area contributed by atoms with E-state index in [1.54, 1.807) is 16.6 Å². The second kappa shape index (κ2) is 5.96. The van der Waals surface area contributed by atoms with Crippen molar-refractivity contribution in [3.63, 3.8) is 0 Å². The molecule has 6 nitrogen and oxygen atoms in total. The standard InChI is InChI=1S/C13H12FN5OS/c14-10-3-1-9(2-4-10)7-15-11(20)5-6-12-18-19-8-16-17-13(19)21-12/h1-4,8H,5-7H2,(H,15,20). The molecule has 21 heavy (non-hydrogen) atoms. The Balaban J connectivity index is 1.48. The van der Waals surface area contributed by atoms with Crippen molar-refractivity contribution in [1.82, 2.24) is 25.1 Å². The van der Waals surface area contributed by atoms with Gasteiger partial charge in [0, 0.05) is 19.4 Å². The summed E-state index contributed by atoms with van der Waals surface area (Å²) in [5.74, 6) is -0.348. The molecule has 0 radical (unpaired) electrons. The van der Waals surface area contributed by atoms with Crippen LogP contribution in [-0.4, -0.2) is 25.7 Å². The number of amides is 1. The molecular weight excluding hydrogens is 293 g/mol. The zero-order chi connectivity index (χ0) is 14.7. The van der Waals surface area contributed by atoms with Gasteiger partial charge in [0.05, 0.1) is 0 Å². The SMILES string of the molecule is O=C(CCc1nn2cnnc2s1)NCc1ccc(F)cc1. The van der Waals surface area contributed by atoms with E-state index in [1.807, 2.05) is 0 Å². The van der Waals surface area contributed by atoms with E-state index in [9.17, 15) is 9.18 Å². The number of hydrogen-bond acceptors (Lipinski definition) is 5. The van der Waals surface area contributed by atoms with E-state index in [0.717, 1.165) is 15.5 Å². The van der Waals surface area contributed by atoms with Crippen LogP contribution in [0.2, 0.25) is 0 Å². The summed E-state index contributed by atoms with van der Waals surface area (Å²) in [6.45, 7) is 0.393. The summed E-state index contributed by atoms with van der Waals surface area (Å²) < 4.78 is 14.3. The molecule has 0 aliphatic carbocycles. The highest BCUT2D eigenvalue weighted by Gasteiger charge is 2.08. The number of nitrogens with zero attached hydrogens (tertiary/aromatic N) is 4. The predicted molar refractivity (Wildman–Crippen MR) is 75.2 cm³/mol. The molecule has 1 N–H and O–H groups in total. The Morgan fingerprint density at radius 2 is 2.14 bits per heavy atom. The van der Waals surface area contributed by atoms with Gasteiger partial charge in [0.2, 0.25) is 10.9 Å². The molecular formula is C13H12FN5OS. The lowest BCUT2D eigenvalue weighted by molar-refractivity contribution is -0.121. The van der Waals surface area contributed by atoms with Gasteiger partial charge in [0.1, 0.15) is 17.2 Å². The van der Waals surface area contributed by atoms with Gasteiger partial charge in [0.25, 0.3) is 0 Å². The highest BCUT2D eigenvalue weighted by molar-refractivity contribution is 7.16. The molecule has 1 amide bonds. The number of rotatable bonds is 5. The Morgan fingerprint density at radius 1 is 1.33 bits per heavy atom.